The Morgan fingerprint density at radius 1 is 1.29 bits per heavy atom. The van der Waals surface area contributed by atoms with Gasteiger partial charge in [-0.3, -0.25) is 4.79 Å². The van der Waals surface area contributed by atoms with Crippen LogP contribution in [0.3, 0.4) is 0 Å². The van der Waals surface area contributed by atoms with Crippen molar-refractivity contribution in [1.29, 1.82) is 0 Å². The normalized spacial score (nSPS) is 10.5. The summed E-state index contributed by atoms with van der Waals surface area (Å²) in [6.07, 6.45) is 2.42. The van der Waals surface area contributed by atoms with Gasteiger partial charge in [0.1, 0.15) is 0 Å². The zero-order valence-corrected chi connectivity index (χ0v) is 13.7. The fraction of sp³-hybridized carbons (Fsp3) is 0.231. The molecule has 0 radical (unpaired) electrons. The lowest BCUT2D eigenvalue weighted by molar-refractivity contribution is 0.101. The zero-order valence-electron chi connectivity index (χ0n) is 11.4. The number of carbonyl (C=O) groups is 1. The molecule has 2 aromatic rings. The third-order valence-corrected chi connectivity index (χ3v) is 3.84. The molecule has 1 amide bonds. The number of amides is 1. The SMILES string of the molecule is CCc1nc(SC)nnc1C(=O)Nc1c(Cl)cccc1Cl. The molecule has 0 aliphatic carbocycles. The Hall–Kier alpha value is -1.37. The summed E-state index contributed by atoms with van der Waals surface area (Å²) in [5.41, 5.74) is 1.10. The zero-order chi connectivity index (χ0) is 15.4. The van der Waals surface area contributed by atoms with Crippen molar-refractivity contribution in [2.45, 2.75) is 18.5 Å². The number of aromatic nitrogens is 3. The third-order valence-electron chi connectivity index (χ3n) is 2.67. The maximum absolute atomic E-state index is 12.3. The van der Waals surface area contributed by atoms with Crippen LogP contribution in [-0.2, 0) is 6.42 Å². The van der Waals surface area contributed by atoms with Crippen LogP contribution in [0.1, 0.15) is 23.1 Å². The number of hydrogen-bond donors (Lipinski definition) is 1. The highest BCUT2D eigenvalue weighted by molar-refractivity contribution is 7.98. The molecule has 110 valence electrons. The molecule has 1 aromatic carbocycles. The molecule has 1 heterocycles. The van der Waals surface area contributed by atoms with Gasteiger partial charge in [0.05, 0.1) is 21.4 Å². The van der Waals surface area contributed by atoms with E-state index in [1.54, 1.807) is 18.2 Å². The molecule has 0 atom stereocenters. The highest BCUT2D eigenvalue weighted by Gasteiger charge is 2.18. The van der Waals surface area contributed by atoms with Crippen molar-refractivity contribution in [1.82, 2.24) is 15.2 Å². The second-order valence-electron chi connectivity index (χ2n) is 4.00. The average molecular weight is 343 g/mol. The first kappa shape index (κ1) is 16.0. The molecule has 8 heteroatoms. The van der Waals surface area contributed by atoms with E-state index < -0.39 is 5.91 Å². The number of carbonyl (C=O) groups excluding carboxylic acids is 1. The number of nitrogens with one attached hydrogen (secondary N) is 1. The van der Waals surface area contributed by atoms with Crippen molar-refractivity contribution in [3.8, 4) is 0 Å². The Labute approximate surface area is 136 Å². The third kappa shape index (κ3) is 3.64. The van der Waals surface area contributed by atoms with Gasteiger partial charge in [-0.15, -0.1) is 10.2 Å². The Bertz CT molecular complexity index is 661. The number of halogens is 2. The van der Waals surface area contributed by atoms with Crippen LogP contribution in [0.5, 0.6) is 0 Å². The van der Waals surface area contributed by atoms with Crippen LogP contribution in [0, 0.1) is 0 Å². The number of aryl methyl sites for hydroxylation is 1. The van der Waals surface area contributed by atoms with E-state index in [9.17, 15) is 4.79 Å². The smallest absolute Gasteiger partial charge is 0.278 e. The molecule has 1 N–H and O–H groups in total. The van der Waals surface area contributed by atoms with Crippen molar-refractivity contribution in [3.63, 3.8) is 0 Å². The van der Waals surface area contributed by atoms with Gasteiger partial charge in [-0.05, 0) is 24.8 Å². The maximum Gasteiger partial charge on any atom is 0.278 e. The summed E-state index contributed by atoms with van der Waals surface area (Å²) in [5, 5.41) is 11.7. The number of rotatable bonds is 4. The highest BCUT2D eigenvalue weighted by atomic mass is 35.5. The predicted molar refractivity (Wildman–Crippen MR) is 85.4 cm³/mol. The minimum atomic E-state index is -0.436. The van der Waals surface area contributed by atoms with E-state index in [-0.39, 0.29) is 5.69 Å². The number of para-hydroxylation sites is 1. The van der Waals surface area contributed by atoms with Crippen LogP contribution in [0.15, 0.2) is 23.4 Å². The van der Waals surface area contributed by atoms with Gasteiger partial charge in [-0.1, -0.05) is 48.0 Å². The second kappa shape index (κ2) is 7.06. The Morgan fingerprint density at radius 3 is 2.52 bits per heavy atom. The monoisotopic (exact) mass is 342 g/mol. The number of benzene rings is 1. The molecule has 2 rings (SSSR count). The quantitative estimate of drug-likeness (QED) is 0.857. The number of anilines is 1. The van der Waals surface area contributed by atoms with Crippen molar-refractivity contribution in [3.05, 3.63) is 39.6 Å². The van der Waals surface area contributed by atoms with Crippen molar-refractivity contribution in [2.75, 3.05) is 11.6 Å². The average Bonchev–Trinajstić information content (AvgIpc) is 2.50. The van der Waals surface area contributed by atoms with Crippen LogP contribution in [0.4, 0.5) is 5.69 Å². The van der Waals surface area contributed by atoms with Crippen molar-refractivity contribution < 1.29 is 4.79 Å². The summed E-state index contributed by atoms with van der Waals surface area (Å²) >= 11 is 13.4. The molecule has 5 nitrogen and oxygen atoms in total. The fourth-order valence-electron chi connectivity index (χ4n) is 1.64. The largest absolute Gasteiger partial charge is 0.318 e. The lowest BCUT2D eigenvalue weighted by Gasteiger charge is -2.10. The molecule has 0 aliphatic heterocycles. The lowest BCUT2D eigenvalue weighted by Crippen LogP contribution is -2.19. The van der Waals surface area contributed by atoms with Crippen LogP contribution in [-0.4, -0.2) is 27.3 Å². The van der Waals surface area contributed by atoms with Gasteiger partial charge in [0, 0.05) is 0 Å². The molecule has 0 bridgehead atoms. The van der Waals surface area contributed by atoms with Gasteiger partial charge >= 0.3 is 0 Å². The lowest BCUT2D eigenvalue weighted by atomic mass is 10.2. The first-order chi connectivity index (χ1) is 10.1. The summed E-state index contributed by atoms with van der Waals surface area (Å²) in [4.78, 5) is 16.6. The van der Waals surface area contributed by atoms with Gasteiger partial charge in [-0.2, -0.15) is 0 Å². The fourth-order valence-corrected chi connectivity index (χ4v) is 2.46. The van der Waals surface area contributed by atoms with Gasteiger partial charge in [-0.25, -0.2) is 4.98 Å². The molecule has 0 aliphatic rings. The van der Waals surface area contributed by atoms with Crippen molar-refractivity contribution in [2.24, 2.45) is 0 Å². The molecular weight excluding hydrogens is 331 g/mol. The minimum Gasteiger partial charge on any atom is -0.318 e. The summed E-state index contributed by atoms with van der Waals surface area (Å²) in [7, 11) is 0. The van der Waals surface area contributed by atoms with E-state index in [4.69, 9.17) is 23.2 Å². The summed E-state index contributed by atoms with van der Waals surface area (Å²) in [6, 6.07) is 4.99. The van der Waals surface area contributed by atoms with E-state index >= 15 is 0 Å². The van der Waals surface area contributed by atoms with Gasteiger partial charge in [0.15, 0.2) is 5.69 Å². The predicted octanol–water partition coefficient (Wildman–Crippen LogP) is 3.72. The Balaban J connectivity index is 2.32. The maximum atomic E-state index is 12.3. The molecule has 1 aromatic heterocycles. The Kier molecular flexibility index (Phi) is 5.39. The van der Waals surface area contributed by atoms with Gasteiger partial charge in [0.2, 0.25) is 5.16 Å². The summed E-state index contributed by atoms with van der Waals surface area (Å²) in [5.74, 6) is -0.436. The van der Waals surface area contributed by atoms with E-state index in [1.165, 1.54) is 11.8 Å². The standard InChI is InChI=1S/C13H12Cl2N4OS/c1-3-9-11(18-19-13(16-9)21-2)12(20)17-10-7(14)5-4-6-8(10)15/h4-6H,3H2,1-2H3,(H,17,20). The van der Waals surface area contributed by atoms with E-state index in [1.807, 2.05) is 13.2 Å². The van der Waals surface area contributed by atoms with E-state index in [0.717, 1.165) is 0 Å². The molecule has 0 unspecified atom stereocenters. The van der Waals surface area contributed by atoms with Gasteiger partial charge in [0.25, 0.3) is 5.91 Å². The molecule has 0 fully saturated rings. The molecule has 21 heavy (non-hydrogen) atoms. The second-order valence-corrected chi connectivity index (χ2v) is 5.59. The number of nitrogens with zero attached hydrogens (tertiary/aromatic N) is 3. The van der Waals surface area contributed by atoms with E-state index in [0.29, 0.717) is 33.0 Å². The number of hydrogen-bond acceptors (Lipinski definition) is 5. The first-order valence-corrected chi connectivity index (χ1v) is 8.07. The summed E-state index contributed by atoms with van der Waals surface area (Å²) < 4.78 is 0. The van der Waals surface area contributed by atoms with Crippen LogP contribution >= 0.6 is 35.0 Å². The van der Waals surface area contributed by atoms with Crippen LogP contribution in [0.25, 0.3) is 0 Å². The highest BCUT2D eigenvalue weighted by Crippen LogP contribution is 2.30. The van der Waals surface area contributed by atoms with Gasteiger partial charge < -0.3 is 5.32 Å². The van der Waals surface area contributed by atoms with Crippen LogP contribution < -0.4 is 5.32 Å². The number of thioether (sulfide) groups is 1. The Morgan fingerprint density at radius 2 is 1.95 bits per heavy atom. The minimum absolute atomic E-state index is 0.172. The topological polar surface area (TPSA) is 67.8 Å². The summed E-state index contributed by atoms with van der Waals surface area (Å²) in [6.45, 7) is 1.90. The first-order valence-electron chi connectivity index (χ1n) is 6.09. The molecule has 0 saturated carbocycles. The van der Waals surface area contributed by atoms with E-state index in [2.05, 4.69) is 20.5 Å². The molecular formula is C13H12Cl2N4OS. The van der Waals surface area contributed by atoms with Crippen LogP contribution in [0.2, 0.25) is 10.0 Å². The molecule has 0 spiro atoms. The molecule has 0 saturated heterocycles. The van der Waals surface area contributed by atoms with Crippen molar-refractivity contribution >= 4 is 46.6 Å².